The van der Waals surface area contributed by atoms with Crippen LogP contribution < -0.4 is 24.4 Å². The number of benzene rings is 4. The predicted molar refractivity (Wildman–Crippen MR) is 312 cm³/mol. The molecule has 3 aliphatic carbocycles. The van der Waals surface area contributed by atoms with Crippen molar-refractivity contribution >= 4 is 133 Å². The molecule has 0 saturated heterocycles. The summed E-state index contributed by atoms with van der Waals surface area (Å²) in [6, 6.07) is 16.4. The van der Waals surface area contributed by atoms with Crippen LogP contribution in [-0.4, -0.2) is 159 Å². The first kappa shape index (κ1) is 60.5. The van der Waals surface area contributed by atoms with E-state index in [0.717, 1.165) is 21.4 Å². The number of hydrogen-bond donors (Lipinski definition) is 4. The zero-order valence-corrected chi connectivity index (χ0v) is 49.5. The number of anilines is 2. The van der Waals surface area contributed by atoms with Crippen molar-refractivity contribution in [2.45, 2.75) is 81.4 Å². The number of hydrogen-bond acceptors (Lipinski definition) is 14. The lowest BCUT2D eigenvalue weighted by molar-refractivity contribution is -0.205. The van der Waals surface area contributed by atoms with Crippen LogP contribution in [0.2, 0.25) is 0 Å². The lowest BCUT2D eigenvalue weighted by atomic mass is 9.34. The number of nitrogens with zero attached hydrogens (tertiary/aromatic N) is 5. The van der Waals surface area contributed by atoms with E-state index in [1.165, 1.54) is 63.7 Å². The zero-order chi connectivity index (χ0) is 59.1. The van der Waals surface area contributed by atoms with Crippen molar-refractivity contribution < 1.29 is 71.8 Å². The topological polar surface area (TPSA) is 270 Å². The van der Waals surface area contributed by atoms with Gasteiger partial charge in [-0.3, -0.25) is 38.7 Å². The van der Waals surface area contributed by atoms with Gasteiger partial charge in [0, 0.05) is 118 Å². The van der Waals surface area contributed by atoms with Gasteiger partial charge in [0.1, 0.15) is 24.1 Å². The summed E-state index contributed by atoms with van der Waals surface area (Å²) in [5, 5.41) is 15.1. The number of imide groups is 1. The number of carbonyl (C=O) groups is 8. The Bertz CT molecular complexity index is 3310. The van der Waals surface area contributed by atoms with E-state index in [1.54, 1.807) is 47.9 Å². The van der Waals surface area contributed by atoms with Crippen molar-refractivity contribution in [1.29, 1.82) is 0 Å². The molecule has 0 radical (unpaired) electrons. The van der Waals surface area contributed by atoms with Crippen LogP contribution >= 0.6 is 52.6 Å². The Labute approximate surface area is 490 Å². The lowest BCUT2D eigenvalue weighted by Gasteiger charge is -2.69. The first-order valence-electron chi connectivity index (χ1n) is 26.7. The van der Waals surface area contributed by atoms with Crippen molar-refractivity contribution in [3.63, 3.8) is 0 Å². The fraction of sp³-hybridized carbons (Fsp3) is 0.464. The van der Waals surface area contributed by atoms with Gasteiger partial charge in [-0.05, 0) is 67.9 Å². The standard InChI is InChI=1S/C56H63Cl2N6O15PS2/c1-54(2,48(49(68)69)59-43(65)16-6-5-11-19-62-44(66)17-18-45(62)67)82-81-23-22-77-52(72)60(3)20-21-61(4)53(73)78-41-24-39-46(37-14-9-7-12-35(37)41)33(26-57)28-63(39)50(70)55-30-56(31-55,32-55)51(71)64-29-34(27-58)47-38-15-10-8-13-36(38)42(25-40(47)64)79-80(74,75)76/h7-10,12-15,17-18,24-25,33-34,48H,5-6,11,16,19-23,26-32H2,1-4H3,(H,59,65)(H,68,69)(H2,74,75,76). The Morgan fingerprint density at radius 2 is 1.27 bits per heavy atom. The number of phosphoric acid groups is 1. The summed E-state index contributed by atoms with van der Waals surface area (Å²) in [6.45, 7) is 4.26. The maximum absolute atomic E-state index is 14.8. The maximum Gasteiger partial charge on any atom is 0.524 e. The number of phosphoric ester groups is 1. The zero-order valence-electron chi connectivity index (χ0n) is 45.5. The number of likely N-dealkylation sites (N-methyl/N-ethyl adjacent to an activating group) is 2. The van der Waals surface area contributed by atoms with Gasteiger partial charge in [-0.2, -0.15) is 0 Å². The monoisotopic (exact) mass is 1220 g/mol. The van der Waals surface area contributed by atoms with Crippen LogP contribution in [0.25, 0.3) is 21.5 Å². The molecule has 4 aromatic carbocycles. The third kappa shape index (κ3) is 12.1. The van der Waals surface area contributed by atoms with E-state index >= 15 is 0 Å². The average molecular weight is 1230 g/mol. The lowest BCUT2D eigenvalue weighted by Crippen LogP contribution is -2.73. The molecule has 10 rings (SSSR count). The number of unbranched alkanes of at least 4 members (excludes halogenated alkanes) is 2. The van der Waals surface area contributed by atoms with Gasteiger partial charge in [0.15, 0.2) is 0 Å². The van der Waals surface area contributed by atoms with Crippen molar-refractivity contribution in [2.75, 3.05) is 80.7 Å². The van der Waals surface area contributed by atoms with Crippen LogP contribution in [0.5, 0.6) is 11.5 Å². The number of ether oxygens (including phenoxy) is 2. The summed E-state index contributed by atoms with van der Waals surface area (Å²) in [5.41, 5.74) is 0.975. The number of carbonyl (C=O) groups excluding carboxylic acids is 7. The molecular weight excluding hydrogens is 1160 g/mol. The van der Waals surface area contributed by atoms with Gasteiger partial charge in [0.25, 0.3) is 11.8 Å². The molecule has 3 atom stereocenters. The van der Waals surface area contributed by atoms with Gasteiger partial charge < -0.3 is 44.0 Å². The minimum atomic E-state index is -4.97. The molecule has 0 aromatic heterocycles. The Kier molecular flexibility index (Phi) is 17.9. The molecule has 3 saturated carbocycles. The predicted octanol–water partition coefficient (Wildman–Crippen LogP) is 8.39. The summed E-state index contributed by atoms with van der Waals surface area (Å²) in [5.74, 6) is -2.41. The molecular formula is C56H63Cl2N6O15PS2. The molecule has 3 aliphatic heterocycles. The van der Waals surface area contributed by atoms with Gasteiger partial charge in [-0.25, -0.2) is 18.9 Å². The summed E-state index contributed by atoms with van der Waals surface area (Å²) < 4.78 is 27.7. The third-order valence-corrected chi connectivity index (χ3v) is 20.4. The molecule has 6 aliphatic rings. The molecule has 2 bridgehead atoms. The van der Waals surface area contributed by atoms with E-state index in [1.807, 2.05) is 30.3 Å². The summed E-state index contributed by atoms with van der Waals surface area (Å²) in [6.07, 6.45) is 3.51. The Balaban J connectivity index is 0.763. The minimum absolute atomic E-state index is 0.0111. The maximum atomic E-state index is 14.8. The van der Waals surface area contributed by atoms with E-state index in [2.05, 4.69) is 5.32 Å². The normalized spacial score (nSPS) is 21.0. The van der Waals surface area contributed by atoms with Crippen molar-refractivity contribution in [1.82, 2.24) is 20.0 Å². The van der Waals surface area contributed by atoms with Crippen molar-refractivity contribution in [2.24, 2.45) is 10.8 Å². The molecule has 0 spiro atoms. The van der Waals surface area contributed by atoms with Crippen LogP contribution in [-0.2, 0) is 38.1 Å². The van der Waals surface area contributed by atoms with Crippen LogP contribution in [0.15, 0.2) is 72.8 Å². The van der Waals surface area contributed by atoms with E-state index in [0.29, 0.717) is 71.8 Å². The third-order valence-electron chi connectivity index (χ3n) is 16.0. The van der Waals surface area contributed by atoms with Crippen molar-refractivity contribution in [3.8, 4) is 11.5 Å². The van der Waals surface area contributed by atoms with Crippen LogP contribution in [0.1, 0.15) is 81.8 Å². The minimum Gasteiger partial charge on any atom is -0.480 e. The number of aliphatic carboxylic acids is 1. The van der Waals surface area contributed by atoms with Crippen molar-refractivity contribution in [3.05, 3.63) is 83.9 Å². The SMILES string of the molecule is CN(CCN(C)C(=O)Oc1cc2c(c3ccccc13)C(CCl)CN2C(=O)C12CC(C(=O)N3CC(CCl)c4c3cc(OP(=O)(O)O)c3ccccc43)(C1)C2)C(=O)OCCSSC(C)(C)C(NC(=O)CCCCCN1C(=O)C=CC1=O)C(=O)O. The van der Waals surface area contributed by atoms with E-state index in [4.69, 9.17) is 37.2 Å². The number of rotatable bonds is 24. The molecule has 3 heterocycles. The van der Waals surface area contributed by atoms with E-state index < -0.39 is 53.5 Å². The molecule has 7 amide bonds. The molecule has 82 heavy (non-hydrogen) atoms. The van der Waals surface area contributed by atoms with Crippen LogP contribution in [0.3, 0.4) is 0 Å². The number of alkyl halides is 2. The van der Waals surface area contributed by atoms with E-state index in [-0.39, 0.29) is 104 Å². The molecule has 21 nitrogen and oxygen atoms in total. The highest BCUT2D eigenvalue weighted by molar-refractivity contribution is 8.77. The summed E-state index contributed by atoms with van der Waals surface area (Å²) >= 11 is 13.1. The Hall–Kier alpha value is -6.07. The smallest absolute Gasteiger partial charge is 0.480 e. The summed E-state index contributed by atoms with van der Waals surface area (Å²) in [4.78, 5) is 131. The number of carboxylic acid groups (broad SMARTS) is 1. The fourth-order valence-corrected chi connectivity index (χ4v) is 15.2. The average Bonchev–Trinajstić information content (AvgIpc) is 2.12. The molecule has 4 aromatic rings. The van der Waals surface area contributed by atoms with E-state index in [9.17, 15) is 57.8 Å². The highest BCUT2D eigenvalue weighted by atomic mass is 35.5. The fourth-order valence-electron chi connectivity index (χ4n) is 11.9. The van der Waals surface area contributed by atoms with Crippen LogP contribution in [0, 0.1) is 10.8 Å². The largest absolute Gasteiger partial charge is 0.524 e. The van der Waals surface area contributed by atoms with Crippen LogP contribution in [0.4, 0.5) is 21.0 Å². The first-order chi connectivity index (χ1) is 38.9. The molecule has 438 valence electrons. The highest BCUT2D eigenvalue weighted by Gasteiger charge is 2.76. The number of fused-ring (bicyclic) bond motifs is 6. The molecule has 3 fully saturated rings. The van der Waals surface area contributed by atoms with Gasteiger partial charge in [-0.15, -0.1) is 23.2 Å². The number of nitrogens with one attached hydrogen (secondary N) is 1. The number of carboxylic acids is 1. The molecule has 26 heteroatoms. The second kappa shape index (κ2) is 24.3. The highest BCUT2D eigenvalue weighted by Crippen LogP contribution is 2.75. The van der Waals surface area contributed by atoms with Gasteiger partial charge in [-0.1, -0.05) is 76.5 Å². The van der Waals surface area contributed by atoms with Gasteiger partial charge in [0.05, 0.1) is 27.0 Å². The first-order valence-corrected chi connectivity index (χ1v) is 31.6. The molecule has 4 N–H and O–H groups in total. The second-order valence-electron chi connectivity index (χ2n) is 22.1. The van der Waals surface area contributed by atoms with Gasteiger partial charge in [0.2, 0.25) is 17.7 Å². The Morgan fingerprint density at radius 3 is 1.78 bits per heavy atom. The number of halogens is 2. The number of amides is 7. The summed E-state index contributed by atoms with van der Waals surface area (Å²) in [7, 11) is 0.574. The Morgan fingerprint density at radius 1 is 0.768 bits per heavy atom. The second-order valence-corrected chi connectivity index (χ2v) is 26.9. The quantitative estimate of drug-likeness (QED) is 0.0169. The molecule has 3 unspecified atom stereocenters. The van der Waals surface area contributed by atoms with Gasteiger partial charge >= 0.3 is 26.0 Å².